The molecule has 3 amide bonds. The molecule has 0 unspecified atom stereocenters. The Balaban J connectivity index is 1.29. The summed E-state index contributed by atoms with van der Waals surface area (Å²) in [7, 11) is 0. The monoisotopic (exact) mass is 349 g/mol. The molecule has 7 heteroatoms. The Morgan fingerprint density at radius 3 is 2.52 bits per heavy atom. The van der Waals surface area contributed by atoms with Crippen molar-refractivity contribution in [3.8, 4) is 0 Å². The maximum Gasteiger partial charge on any atom is 0.315 e. The van der Waals surface area contributed by atoms with Gasteiger partial charge in [0.2, 0.25) is 5.91 Å². The van der Waals surface area contributed by atoms with Gasteiger partial charge in [-0.25, -0.2) is 13.6 Å². The van der Waals surface area contributed by atoms with Crippen molar-refractivity contribution in [2.75, 3.05) is 6.54 Å². The Morgan fingerprint density at radius 2 is 1.88 bits per heavy atom. The van der Waals surface area contributed by atoms with Gasteiger partial charge in [0.05, 0.1) is 6.04 Å². The summed E-state index contributed by atoms with van der Waals surface area (Å²) >= 11 is 0. The van der Waals surface area contributed by atoms with E-state index in [-0.39, 0.29) is 35.5 Å². The molecule has 25 heavy (non-hydrogen) atoms. The van der Waals surface area contributed by atoms with Crippen molar-refractivity contribution in [2.45, 2.75) is 50.2 Å². The van der Waals surface area contributed by atoms with E-state index in [2.05, 4.69) is 17.6 Å². The van der Waals surface area contributed by atoms with E-state index < -0.39 is 11.6 Å². The van der Waals surface area contributed by atoms with Crippen LogP contribution in [0.25, 0.3) is 0 Å². The Labute approximate surface area is 144 Å². The topological polar surface area (TPSA) is 61.4 Å². The minimum atomic E-state index is -0.578. The number of urea groups is 1. The summed E-state index contributed by atoms with van der Waals surface area (Å²) in [5.41, 5.74) is 0.0396. The predicted molar refractivity (Wildman–Crippen MR) is 86.9 cm³/mol. The van der Waals surface area contributed by atoms with Crippen molar-refractivity contribution in [1.82, 2.24) is 15.5 Å². The van der Waals surface area contributed by atoms with E-state index in [1.165, 1.54) is 18.2 Å². The van der Waals surface area contributed by atoms with Crippen LogP contribution in [0, 0.1) is 17.6 Å². The normalized spacial score (nSPS) is 33.3. The van der Waals surface area contributed by atoms with Crippen LogP contribution >= 0.6 is 0 Å². The Morgan fingerprint density at radius 1 is 1.20 bits per heavy atom. The van der Waals surface area contributed by atoms with Crippen molar-refractivity contribution in [1.29, 1.82) is 0 Å². The molecule has 1 aromatic rings. The zero-order valence-corrected chi connectivity index (χ0v) is 14.0. The molecule has 2 N–H and O–H groups in total. The predicted octanol–water partition coefficient (Wildman–Crippen LogP) is 2.13. The molecule has 134 valence electrons. The van der Waals surface area contributed by atoms with E-state index in [9.17, 15) is 18.4 Å². The lowest BCUT2D eigenvalue weighted by molar-refractivity contribution is -0.128. The molecule has 1 heterocycles. The van der Waals surface area contributed by atoms with Crippen LogP contribution in [0.1, 0.15) is 37.7 Å². The summed E-state index contributed by atoms with van der Waals surface area (Å²) in [6.45, 7) is 2.65. The molecule has 1 saturated heterocycles. The van der Waals surface area contributed by atoms with Gasteiger partial charge in [0.25, 0.3) is 0 Å². The van der Waals surface area contributed by atoms with Crippen molar-refractivity contribution >= 4 is 11.9 Å². The summed E-state index contributed by atoms with van der Waals surface area (Å²) < 4.78 is 27.5. The highest BCUT2D eigenvalue weighted by Gasteiger charge is 2.46. The van der Waals surface area contributed by atoms with Gasteiger partial charge in [0.1, 0.15) is 11.6 Å². The number of benzene rings is 1. The first kappa shape index (κ1) is 16.3. The summed E-state index contributed by atoms with van der Waals surface area (Å²) in [4.78, 5) is 26.0. The number of likely N-dealkylation sites (tertiary alicyclic amines) is 1. The van der Waals surface area contributed by atoms with Crippen molar-refractivity contribution in [3.63, 3.8) is 0 Å². The third kappa shape index (κ3) is 3.19. The summed E-state index contributed by atoms with van der Waals surface area (Å²) in [5.74, 6) is -0.867. The van der Waals surface area contributed by atoms with Crippen LogP contribution in [0.5, 0.6) is 0 Å². The van der Waals surface area contributed by atoms with Crippen LogP contribution in [0.4, 0.5) is 13.6 Å². The molecule has 4 rings (SSSR count). The lowest BCUT2D eigenvalue weighted by atomic mass is 10.1. The van der Waals surface area contributed by atoms with Crippen molar-refractivity contribution in [3.05, 3.63) is 35.4 Å². The lowest BCUT2D eigenvalue weighted by Gasteiger charge is -2.17. The molecule has 0 spiro atoms. The van der Waals surface area contributed by atoms with Crippen molar-refractivity contribution in [2.24, 2.45) is 5.92 Å². The summed E-state index contributed by atoms with van der Waals surface area (Å²) in [5, 5.41) is 5.56. The Hall–Kier alpha value is -2.18. The van der Waals surface area contributed by atoms with Gasteiger partial charge in [-0.1, -0.05) is 13.0 Å². The second-order valence-electron chi connectivity index (χ2n) is 7.43. The molecule has 5 nitrogen and oxygen atoms in total. The second kappa shape index (κ2) is 5.97. The zero-order valence-electron chi connectivity index (χ0n) is 14.0. The smallest absolute Gasteiger partial charge is 0.315 e. The van der Waals surface area contributed by atoms with E-state index in [1.54, 1.807) is 0 Å². The Bertz CT molecular complexity index is 706. The van der Waals surface area contributed by atoms with Gasteiger partial charge in [-0.05, 0) is 30.9 Å². The Kier molecular flexibility index (Phi) is 3.89. The number of rotatable bonds is 4. The van der Waals surface area contributed by atoms with Crippen LogP contribution in [0.2, 0.25) is 0 Å². The average molecular weight is 349 g/mol. The first-order valence-corrected chi connectivity index (χ1v) is 8.74. The highest BCUT2D eigenvalue weighted by molar-refractivity contribution is 5.82. The standard InChI is InChI=1S/C18H21F2N3O2/c1-9-5-15(9)23-8-10(6-16(23)24)21-18(25)22-14-7-11(14)17-12(19)3-2-4-13(17)20/h2-4,9-11,14-15H,5-8H2,1H3,(H2,21,22,25)/t9-,10-,11-,14-,15+/m1/s1. The molecule has 3 aliphatic rings. The quantitative estimate of drug-likeness (QED) is 0.875. The van der Waals surface area contributed by atoms with Gasteiger partial charge in [0.15, 0.2) is 0 Å². The molecule has 5 atom stereocenters. The fraction of sp³-hybridized carbons (Fsp3) is 0.556. The molecule has 0 aromatic heterocycles. The number of carbonyl (C=O) groups excluding carboxylic acids is 2. The van der Waals surface area contributed by atoms with E-state index in [0.29, 0.717) is 31.3 Å². The molecule has 2 saturated carbocycles. The molecule has 1 aromatic carbocycles. The van der Waals surface area contributed by atoms with Crippen molar-refractivity contribution < 1.29 is 18.4 Å². The summed E-state index contributed by atoms with van der Waals surface area (Å²) in [6.07, 6.45) is 1.86. The van der Waals surface area contributed by atoms with Gasteiger partial charge in [0, 0.05) is 36.5 Å². The lowest BCUT2D eigenvalue weighted by Crippen LogP contribution is -2.44. The highest BCUT2D eigenvalue weighted by Crippen LogP contribution is 2.43. The van der Waals surface area contributed by atoms with Gasteiger partial charge < -0.3 is 15.5 Å². The minimum Gasteiger partial charge on any atom is -0.337 e. The number of amides is 3. The second-order valence-corrected chi connectivity index (χ2v) is 7.43. The van der Waals surface area contributed by atoms with Crippen LogP contribution in [0.3, 0.4) is 0 Å². The first-order valence-electron chi connectivity index (χ1n) is 8.74. The fourth-order valence-corrected chi connectivity index (χ4v) is 3.82. The summed E-state index contributed by atoms with van der Waals surface area (Å²) in [6, 6.07) is 3.24. The SMILES string of the molecule is C[C@@H]1C[C@@H]1N1C[C@H](NC(=O)N[C@@H]2C[C@H]2c2c(F)cccc2F)CC1=O. The third-order valence-electron chi connectivity index (χ3n) is 5.44. The molecule has 2 aliphatic carbocycles. The van der Waals surface area contributed by atoms with E-state index in [1.807, 2.05) is 4.90 Å². The maximum atomic E-state index is 13.8. The van der Waals surface area contributed by atoms with Gasteiger partial charge in [-0.15, -0.1) is 0 Å². The third-order valence-corrected chi connectivity index (χ3v) is 5.44. The molecule has 3 fully saturated rings. The van der Waals surface area contributed by atoms with E-state index >= 15 is 0 Å². The number of nitrogens with one attached hydrogen (secondary N) is 2. The first-order chi connectivity index (χ1) is 11.9. The number of hydrogen-bond donors (Lipinski definition) is 2. The minimum absolute atomic E-state index is 0.0396. The zero-order chi connectivity index (χ0) is 17.7. The van der Waals surface area contributed by atoms with Crippen LogP contribution in [-0.4, -0.2) is 41.5 Å². The number of halogens is 2. The number of nitrogens with zero attached hydrogens (tertiary/aromatic N) is 1. The molecule has 1 aliphatic heterocycles. The fourth-order valence-electron chi connectivity index (χ4n) is 3.82. The van der Waals surface area contributed by atoms with Crippen LogP contribution in [0.15, 0.2) is 18.2 Å². The van der Waals surface area contributed by atoms with Crippen LogP contribution in [-0.2, 0) is 4.79 Å². The molecular weight excluding hydrogens is 328 g/mol. The largest absolute Gasteiger partial charge is 0.337 e. The van der Waals surface area contributed by atoms with Crippen LogP contribution < -0.4 is 10.6 Å². The van der Waals surface area contributed by atoms with Gasteiger partial charge in [-0.3, -0.25) is 4.79 Å². The molecule has 0 radical (unpaired) electrons. The highest BCUT2D eigenvalue weighted by atomic mass is 19.1. The van der Waals surface area contributed by atoms with E-state index in [4.69, 9.17) is 0 Å². The molecular formula is C18H21F2N3O2. The average Bonchev–Trinajstić information content (AvgIpc) is 3.41. The molecule has 0 bridgehead atoms. The van der Waals surface area contributed by atoms with Gasteiger partial charge >= 0.3 is 6.03 Å². The van der Waals surface area contributed by atoms with Gasteiger partial charge in [-0.2, -0.15) is 0 Å². The van der Waals surface area contributed by atoms with E-state index in [0.717, 1.165) is 6.42 Å². The number of hydrogen-bond acceptors (Lipinski definition) is 2. The maximum absolute atomic E-state index is 13.8. The number of carbonyl (C=O) groups is 2.